The first-order valence-corrected chi connectivity index (χ1v) is 3.42. The molecule has 1 aliphatic rings. The number of nitrogens with zero attached hydrogens (tertiary/aromatic N) is 1. The highest BCUT2D eigenvalue weighted by molar-refractivity contribution is 5.85. The van der Waals surface area contributed by atoms with Crippen molar-refractivity contribution in [2.24, 2.45) is 0 Å². The van der Waals surface area contributed by atoms with Crippen molar-refractivity contribution in [3.05, 3.63) is 0 Å². The largest absolute Gasteiger partial charge is 0.452 e. The number of hydrogen-bond donors (Lipinski definition) is 1. The minimum absolute atomic E-state index is 0. The Balaban J connectivity index is 0.000001000. The van der Waals surface area contributed by atoms with Crippen molar-refractivity contribution >= 4 is 18.9 Å². The van der Waals surface area contributed by atoms with Crippen LogP contribution in [0.5, 0.6) is 0 Å². The van der Waals surface area contributed by atoms with Gasteiger partial charge in [-0.05, 0) is 0 Å². The summed E-state index contributed by atoms with van der Waals surface area (Å²) in [5.74, 6) is 0. The molecule has 0 saturated carbocycles. The molecule has 0 amide bonds. The zero-order chi connectivity index (χ0) is 7.23. The fourth-order valence-electron chi connectivity index (χ4n) is 0.976. The van der Waals surface area contributed by atoms with Crippen molar-refractivity contribution < 1.29 is 9.53 Å². The lowest BCUT2D eigenvalue weighted by molar-refractivity contribution is -0.133. The molecule has 0 aliphatic carbocycles. The van der Waals surface area contributed by atoms with Gasteiger partial charge in [0.05, 0.1) is 0 Å². The molecule has 0 atom stereocenters. The summed E-state index contributed by atoms with van der Waals surface area (Å²) >= 11 is 0. The van der Waals surface area contributed by atoms with Crippen LogP contribution in [0.2, 0.25) is 0 Å². The lowest BCUT2D eigenvalue weighted by Crippen LogP contribution is -2.44. The molecule has 5 heteroatoms. The molecule has 11 heavy (non-hydrogen) atoms. The van der Waals surface area contributed by atoms with Gasteiger partial charge in [0.15, 0.2) is 0 Å². The van der Waals surface area contributed by atoms with Crippen LogP contribution in [0.3, 0.4) is 0 Å². The van der Waals surface area contributed by atoms with E-state index in [1.807, 2.05) is 0 Å². The lowest BCUT2D eigenvalue weighted by atomic mass is 10.4. The van der Waals surface area contributed by atoms with E-state index in [-0.39, 0.29) is 12.4 Å². The highest BCUT2D eigenvalue weighted by Crippen LogP contribution is 1.90. The molecule has 0 aromatic carbocycles. The van der Waals surface area contributed by atoms with Gasteiger partial charge in [0.1, 0.15) is 6.73 Å². The van der Waals surface area contributed by atoms with Crippen molar-refractivity contribution in [1.29, 1.82) is 0 Å². The van der Waals surface area contributed by atoms with Crippen LogP contribution in [-0.2, 0) is 9.53 Å². The van der Waals surface area contributed by atoms with E-state index in [9.17, 15) is 4.79 Å². The van der Waals surface area contributed by atoms with Crippen molar-refractivity contribution in [3.63, 3.8) is 0 Å². The Morgan fingerprint density at radius 3 is 2.64 bits per heavy atom. The van der Waals surface area contributed by atoms with Crippen molar-refractivity contribution in [3.8, 4) is 0 Å². The highest BCUT2D eigenvalue weighted by atomic mass is 35.5. The predicted octanol–water partition coefficient (Wildman–Crippen LogP) is -0.556. The summed E-state index contributed by atoms with van der Waals surface area (Å²) < 4.78 is 4.59. The smallest absolute Gasteiger partial charge is 0.294 e. The van der Waals surface area contributed by atoms with E-state index in [2.05, 4.69) is 15.0 Å². The van der Waals surface area contributed by atoms with Gasteiger partial charge in [0.25, 0.3) is 6.47 Å². The maximum absolute atomic E-state index is 9.78. The predicted molar refractivity (Wildman–Crippen MR) is 43.7 cm³/mol. The summed E-state index contributed by atoms with van der Waals surface area (Å²) in [5.41, 5.74) is 0. The van der Waals surface area contributed by atoms with Gasteiger partial charge in [-0.25, -0.2) is 0 Å². The number of piperazine rings is 1. The van der Waals surface area contributed by atoms with Crippen molar-refractivity contribution in [2.75, 3.05) is 32.9 Å². The van der Waals surface area contributed by atoms with E-state index in [0.717, 1.165) is 26.2 Å². The van der Waals surface area contributed by atoms with Crippen LogP contribution < -0.4 is 5.32 Å². The van der Waals surface area contributed by atoms with Crippen LogP contribution in [0.1, 0.15) is 0 Å². The van der Waals surface area contributed by atoms with Gasteiger partial charge in [0, 0.05) is 26.2 Å². The van der Waals surface area contributed by atoms with E-state index in [0.29, 0.717) is 13.2 Å². The van der Waals surface area contributed by atoms with Gasteiger partial charge in [-0.2, -0.15) is 0 Å². The molecule has 66 valence electrons. The first-order chi connectivity index (χ1) is 4.93. The topological polar surface area (TPSA) is 41.6 Å². The molecular weight excluding hydrogens is 168 g/mol. The Morgan fingerprint density at radius 2 is 2.09 bits per heavy atom. The molecule has 4 nitrogen and oxygen atoms in total. The first kappa shape index (κ1) is 10.7. The molecule has 0 radical (unpaired) electrons. The number of carbonyl (C=O) groups excluding carboxylic acids is 1. The van der Waals surface area contributed by atoms with Crippen LogP contribution in [0.25, 0.3) is 0 Å². The second-order valence-corrected chi connectivity index (χ2v) is 2.26. The third-order valence-corrected chi connectivity index (χ3v) is 1.53. The third-order valence-electron chi connectivity index (χ3n) is 1.53. The van der Waals surface area contributed by atoms with E-state index in [1.54, 1.807) is 0 Å². The number of nitrogens with one attached hydrogen (secondary N) is 1. The molecule has 1 heterocycles. The SMILES string of the molecule is Cl.O=COCN1CCNCC1. The van der Waals surface area contributed by atoms with Gasteiger partial charge in [0.2, 0.25) is 0 Å². The van der Waals surface area contributed by atoms with E-state index in [4.69, 9.17) is 0 Å². The molecule has 1 rings (SSSR count). The van der Waals surface area contributed by atoms with E-state index < -0.39 is 0 Å². The molecule has 0 spiro atoms. The number of carbonyl (C=O) groups is 1. The van der Waals surface area contributed by atoms with Gasteiger partial charge in [-0.3, -0.25) is 9.69 Å². The monoisotopic (exact) mass is 180 g/mol. The summed E-state index contributed by atoms with van der Waals surface area (Å²) in [7, 11) is 0. The first-order valence-electron chi connectivity index (χ1n) is 3.42. The normalized spacial score (nSPS) is 18.5. The fourth-order valence-corrected chi connectivity index (χ4v) is 0.976. The molecule has 1 aliphatic heterocycles. The van der Waals surface area contributed by atoms with Crippen LogP contribution in [0.15, 0.2) is 0 Å². The third kappa shape index (κ3) is 4.19. The standard InChI is InChI=1S/C6H12N2O2.ClH/c9-6-10-5-8-3-1-7-2-4-8;/h6-7H,1-5H2;1H. The highest BCUT2D eigenvalue weighted by Gasteiger charge is 2.07. The van der Waals surface area contributed by atoms with E-state index in [1.165, 1.54) is 0 Å². The van der Waals surface area contributed by atoms with Crippen LogP contribution >= 0.6 is 12.4 Å². The molecule has 1 saturated heterocycles. The lowest BCUT2D eigenvalue weighted by Gasteiger charge is -2.25. The van der Waals surface area contributed by atoms with Gasteiger partial charge >= 0.3 is 0 Å². The summed E-state index contributed by atoms with van der Waals surface area (Å²) in [6.07, 6.45) is 0. The fraction of sp³-hybridized carbons (Fsp3) is 0.833. The zero-order valence-electron chi connectivity index (χ0n) is 6.28. The average Bonchev–Trinajstić information content (AvgIpc) is 2.03. The summed E-state index contributed by atoms with van der Waals surface area (Å²) in [5, 5.41) is 3.21. The number of ether oxygens (including phenoxy) is 1. The molecule has 0 aromatic rings. The maximum Gasteiger partial charge on any atom is 0.294 e. The van der Waals surface area contributed by atoms with Crippen LogP contribution in [-0.4, -0.2) is 44.3 Å². The van der Waals surface area contributed by atoms with Crippen molar-refractivity contribution in [2.45, 2.75) is 0 Å². The second kappa shape index (κ2) is 6.39. The molecule has 1 fully saturated rings. The maximum atomic E-state index is 9.78. The van der Waals surface area contributed by atoms with Crippen LogP contribution in [0.4, 0.5) is 0 Å². The minimum Gasteiger partial charge on any atom is -0.452 e. The Morgan fingerprint density at radius 1 is 1.45 bits per heavy atom. The van der Waals surface area contributed by atoms with Gasteiger partial charge in [-0.1, -0.05) is 0 Å². The quantitative estimate of drug-likeness (QED) is 0.592. The molecular formula is C6H13ClN2O2. The number of rotatable bonds is 3. The van der Waals surface area contributed by atoms with E-state index >= 15 is 0 Å². The minimum atomic E-state index is 0. The Labute approximate surface area is 72.3 Å². The summed E-state index contributed by atoms with van der Waals surface area (Å²) in [6, 6.07) is 0. The summed E-state index contributed by atoms with van der Waals surface area (Å²) in [6.45, 7) is 4.83. The Bertz CT molecular complexity index is 107. The second-order valence-electron chi connectivity index (χ2n) is 2.26. The van der Waals surface area contributed by atoms with Crippen LogP contribution in [0, 0.1) is 0 Å². The zero-order valence-corrected chi connectivity index (χ0v) is 7.10. The Kier molecular flexibility index (Phi) is 6.21. The molecule has 0 bridgehead atoms. The Hall–Kier alpha value is -0.320. The van der Waals surface area contributed by atoms with Crippen molar-refractivity contribution in [1.82, 2.24) is 10.2 Å². The average molecular weight is 181 g/mol. The van der Waals surface area contributed by atoms with Gasteiger partial charge < -0.3 is 10.1 Å². The summed E-state index contributed by atoms with van der Waals surface area (Å²) in [4.78, 5) is 11.9. The number of hydrogen-bond acceptors (Lipinski definition) is 4. The number of halogens is 1. The molecule has 0 aromatic heterocycles. The molecule has 1 N–H and O–H groups in total. The molecule has 0 unspecified atom stereocenters. The van der Waals surface area contributed by atoms with Gasteiger partial charge in [-0.15, -0.1) is 12.4 Å².